The lowest BCUT2D eigenvalue weighted by atomic mass is 10.1. The summed E-state index contributed by atoms with van der Waals surface area (Å²) < 4.78 is 18.3. The highest BCUT2D eigenvalue weighted by atomic mass is 35.5. The molecule has 0 bridgehead atoms. The molecule has 0 amide bonds. The third-order valence-corrected chi connectivity index (χ3v) is 3.99. The molecule has 24 heavy (non-hydrogen) atoms. The van der Waals surface area contributed by atoms with Crippen molar-refractivity contribution in [3.8, 4) is 0 Å². The fraction of sp³-hybridized carbons (Fsp3) is 0.167. The van der Waals surface area contributed by atoms with Crippen LogP contribution in [0.15, 0.2) is 36.4 Å². The highest BCUT2D eigenvalue weighted by Gasteiger charge is 2.14. The maximum Gasteiger partial charge on any atom is 0.354 e. The number of hydrogen-bond donors (Lipinski definition) is 2. The first-order valence-electron chi connectivity index (χ1n) is 7.51. The Labute approximate surface area is 143 Å². The maximum atomic E-state index is 13.3. The van der Waals surface area contributed by atoms with Crippen LogP contribution in [0.5, 0.6) is 0 Å². The number of aryl methyl sites for hydroxylation is 1. The standard InChI is InChI=1S/C18H16ClFN2O2/c1-3-24-18(23)16-9-12-15(7-4-10(2)17(12)22-16)21-11-5-6-14(20)13(19)8-11/h4-9,21-22H,3H2,1-2H3. The first-order valence-corrected chi connectivity index (χ1v) is 7.89. The molecule has 2 aromatic carbocycles. The number of carbonyl (C=O) groups excluding carboxylic acids is 1. The van der Waals surface area contributed by atoms with Crippen LogP contribution in [0.2, 0.25) is 5.02 Å². The van der Waals surface area contributed by atoms with Crippen molar-refractivity contribution in [1.29, 1.82) is 0 Å². The van der Waals surface area contributed by atoms with Crippen molar-refractivity contribution in [3.63, 3.8) is 0 Å². The summed E-state index contributed by atoms with van der Waals surface area (Å²) in [5.41, 5.74) is 3.68. The zero-order valence-electron chi connectivity index (χ0n) is 13.2. The van der Waals surface area contributed by atoms with Gasteiger partial charge in [-0.2, -0.15) is 0 Å². The lowest BCUT2D eigenvalue weighted by Crippen LogP contribution is -2.04. The van der Waals surface area contributed by atoms with Crippen LogP contribution in [-0.2, 0) is 4.74 Å². The van der Waals surface area contributed by atoms with Gasteiger partial charge in [0.1, 0.15) is 11.5 Å². The molecule has 6 heteroatoms. The fourth-order valence-corrected chi connectivity index (χ4v) is 2.70. The van der Waals surface area contributed by atoms with E-state index in [9.17, 15) is 9.18 Å². The molecule has 124 valence electrons. The summed E-state index contributed by atoms with van der Waals surface area (Å²) in [4.78, 5) is 15.0. The summed E-state index contributed by atoms with van der Waals surface area (Å²) in [5.74, 6) is -0.869. The highest BCUT2D eigenvalue weighted by Crippen LogP contribution is 2.31. The Kier molecular flexibility index (Phi) is 4.44. The molecular formula is C18H16ClFN2O2. The van der Waals surface area contributed by atoms with Crippen LogP contribution >= 0.6 is 11.6 Å². The van der Waals surface area contributed by atoms with Gasteiger partial charge in [0, 0.05) is 16.8 Å². The number of benzene rings is 2. The highest BCUT2D eigenvalue weighted by molar-refractivity contribution is 6.31. The van der Waals surface area contributed by atoms with Gasteiger partial charge < -0.3 is 15.0 Å². The van der Waals surface area contributed by atoms with Gasteiger partial charge >= 0.3 is 5.97 Å². The van der Waals surface area contributed by atoms with E-state index in [1.807, 2.05) is 19.1 Å². The number of esters is 1. The SMILES string of the molecule is CCOC(=O)c1cc2c(Nc3ccc(F)c(Cl)c3)ccc(C)c2[nH]1. The maximum absolute atomic E-state index is 13.3. The summed E-state index contributed by atoms with van der Waals surface area (Å²) in [6.07, 6.45) is 0. The van der Waals surface area contributed by atoms with Crippen LogP contribution in [0.3, 0.4) is 0 Å². The van der Waals surface area contributed by atoms with Gasteiger partial charge in [-0.1, -0.05) is 17.7 Å². The predicted octanol–water partition coefficient (Wildman–Crippen LogP) is 5.19. The van der Waals surface area contributed by atoms with Crippen molar-refractivity contribution in [3.05, 3.63) is 58.5 Å². The monoisotopic (exact) mass is 346 g/mol. The van der Waals surface area contributed by atoms with E-state index in [2.05, 4.69) is 10.3 Å². The second-order valence-corrected chi connectivity index (χ2v) is 5.78. The lowest BCUT2D eigenvalue weighted by Gasteiger charge is -2.09. The van der Waals surface area contributed by atoms with Crippen molar-refractivity contribution in [1.82, 2.24) is 4.98 Å². The Hall–Kier alpha value is -2.53. The molecule has 0 aliphatic carbocycles. The molecule has 0 saturated heterocycles. The Morgan fingerprint density at radius 3 is 2.79 bits per heavy atom. The molecule has 3 aromatic rings. The minimum atomic E-state index is -0.470. The predicted molar refractivity (Wildman–Crippen MR) is 93.7 cm³/mol. The number of aromatic amines is 1. The van der Waals surface area contributed by atoms with Crippen LogP contribution in [0.25, 0.3) is 10.9 Å². The molecule has 0 aliphatic heterocycles. The van der Waals surface area contributed by atoms with Crippen molar-refractivity contribution < 1.29 is 13.9 Å². The summed E-state index contributed by atoms with van der Waals surface area (Å²) >= 11 is 5.82. The number of H-pyrrole nitrogens is 1. The third-order valence-electron chi connectivity index (χ3n) is 3.70. The zero-order valence-corrected chi connectivity index (χ0v) is 14.0. The number of anilines is 2. The van der Waals surface area contributed by atoms with Gasteiger partial charge in [0.05, 0.1) is 17.1 Å². The first-order chi connectivity index (χ1) is 11.5. The van der Waals surface area contributed by atoms with E-state index in [0.29, 0.717) is 18.0 Å². The third kappa shape index (κ3) is 3.08. The first kappa shape index (κ1) is 16.3. The van der Waals surface area contributed by atoms with Crippen molar-refractivity contribution in [2.75, 3.05) is 11.9 Å². The minimum Gasteiger partial charge on any atom is -0.461 e. The number of hydrogen-bond acceptors (Lipinski definition) is 3. The zero-order chi connectivity index (χ0) is 17.3. The molecule has 4 nitrogen and oxygen atoms in total. The average Bonchev–Trinajstić information content (AvgIpc) is 3.00. The summed E-state index contributed by atoms with van der Waals surface area (Å²) in [6, 6.07) is 10.00. The van der Waals surface area contributed by atoms with Crippen molar-refractivity contribution >= 4 is 39.8 Å². The normalized spacial score (nSPS) is 10.8. The van der Waals surface area contributed by atoms with Crippen molar-refractivity contribution in [2.24, 2.45) is 0 Å². The smallest absolute Gasteiger partial charge is 0.354 e. The van der Waals surface area contributed by atoms with Crippen molar-refractivity contribution in [2.45, 2.75) is 13.8 Å². The average molecular weight is 347 g/mol. The molecule has 0 atom stereocenters. The Morgan fingerprint density at radius 2 is 2.08 bits per heavy atom. The van der Waals surface area contributed by atoms with Gasteiger partial charge in [-0.3, -0.25) is 0 Å². The molecular weight excluding hydrogens is 331 g/mol. The quantitative estimate of drug-likeness (QED) is 0.639. The molecule has 0 aliphatic rings. The molecule has 1 heterocycles. The number of aromatic nitrogens is 1. The minimum absolute atomic E-state index is 0.0460. The van der Waals surface area contributed by atoms with Gasteiger partial charge in [-0.25, -0.2) is 9.18 Å². The number of nitrogens with one attached hydrogen (secondary N) is 2. The van der Waals surface area contributed by atoms with Gasteiger partial charge in [0.15, 0.2) is 0 Å². The number of carbonyl (C=O) groups is 1. The van der Waals surface area contributed by atoms with Crippen LogP contribution in [0, 0.1) is 12.7 Å². The summed E-state index contributed by atoms with van der Waals surface area (Å²) in [7, 11) is 0. The van der Waals surface area contributed by atoms with E-state index >= 15 is 0 Å². The molecule has 0 saturated carbocycles. The van der Waals surface area contributed by atoms with Crippen LogP contribution in [0.1, 0.15) is 23.0 Å². The fourth-order valence-electron chi connectivity index (χ4n) is 2.52. The molecule has 0 unspecified atom stereocenters. The number of rotatable bonds is 4. The molecule has 1 aromatic heterocycles. The van der Waals surface area contributed by atoms with E-state index in [1.165, 1.54) is 12.1 Å². The Bertz CT molecular complexity index is 921. The van der Waals surface area contributed by atoms with E-state index in [1.54, 1.807) is 19.1 Å². The molecule has 3 rings (SSSR count). The molecule has 0 radical (unpaired) electrons. The second kappa shape index (κ2) is 6.53. The van der Waals surface area contributed by atoms with E-state index < -0.39 is 11.8 Å². The molecule has 0 spiro atoms. The van der Waals surface area contributed by atoms with Gasteiger partial charge in [0.2, 0.25) is 0 Å². The largest absolute Gasteiger partial charge is 0.461 e. The lowest BCUT2D eigenvalue weighted by molar-refractivity contribution is 0.0520. The van der Waals surface area contributed by atoms with E-state index in [-0.39, 0.29) is 5.02 Å². The van der Waals surface area contributed by atoms with Gasteiger partial charge in [-0.05, 0) is 49.7 Å². The molecule has 0 fully saturated rings. The number of halogens is 2. The Morgan fingerprint density at radius 1 is 1.29 bits per heavy atom. The number of ether oxygens (including phenoxy) is 1. The van der Waals surface area contributed by atoms with E-state index in [0.717, 1.165) is 22.2 Å². The van der Waals surface area contributed by atoms with E-state index in [4.69, 9.17) is 16.3 Å². The number of fused-ring (bicyclic) bond motifs is 1. The van der Waals surface area contributed by atoms with Crippen LogP contribution in [-0.4, -0.2) is 17.6 Å². The van der Waals surface area contributed by atoms with Gasteiger partial charge in [-0.15, -0.1) is 0 Å². The topological polar surface area (TPSA) is 54.1 Å². The Balaban J connectivity index is 2.02. The summed E-state index contributed by atoms with van der Waals surface area (Å²) in [6.45, 7) is 4.02. The summed E-state index contributed by atoms with van der Waals surface area (Å²) in [5, 5.41) is 4.10. The van der Waals surface area contributed by atoms with Crippen LogP contribution < -0.4 is 5.32 Å². The van der Waals surface area contributed by atoms with Gasteiger partial charge in [0.25, 0.3) is 0 Å². The second-order valence-electron chi connectivity index (χ2n) is 5.38. The van der Waals surface area contributed by atoms with Crippen LogP contribution in [0.4, 0.5) is 15.8 Å². The molecule has 2 N–H and O–H groups in total.